The fourth-order valence-electron chi connectivity index (χ4n) is 1.27. The van der Waals surface area contributed by atoms with Gasteiger partial charge in [0.1, 0.15) is 5.82 Å². The molecule has 0 spiro atoms. The van der Waals surface area contributed by atoms with Crippen molar-refractivity contribution >= 4 is 5.82 Å². The number of alkyl halides is 3. The van der Waals surface area contributed by atoms with E-state index >= 15 is 0 Å². The zero-order valence-corrected chi connectivity index (χ0v) is 9.88. The number of hydrogen-bond acceptors (Lipinski definition) is 3. The van der Waals surface area contributed by atoms with E-state index in [2.05, 4.69) is 17.3 Å². The molecule has 17 heavy (non-hydrogen) atoms. The highest BCUT2D eigenvalue weighted by atomic mass is 19.4. The van der Waals surface area contributed by atoms with Gasteiger partial charge in [0.15, 0.2) is 0 Å². The van der Waals surface area contributed by atoms with Gasteiger partial charge in [-0.2, -0.15) is 13.2 Å². The van der Waals surface area contributed by atoms with Crippen LogP contribution in [0.25, 0.3) is 0 Å². The summed E-state index contributed by atoms with van der Waals surface area (Å²) >= 11 is 0. The largest absolute Gasteiger partial charge is 0.417 e. The lowest BCUT2D eigenvalue weighted by molar-refractivity contribution is -0.137. The number of anilines is 1. The van der Waals surface area contributed by atoms with Gasteiger partial charge in [-0.25, -0.2) is 9.99 Å². The molecular weight excluding hydrogens is 231 g/mol. The van der Waals surface area contributed by atoms with Crippen LogP contribution < -0.4 is 5.43 Å². The van der Waals surface area contributed by atoms with Crippen LogP contribution >= 0.6 is 0 Å². The van der Waals surface area contributed by atoms with Gasteiger partial charge in [-0.15, -0.1) is 0 Å². The molecule has 3 nitrogen and oxygen atoms in total. The highest BCUT2D eigenvalue weighted by Gasteiger charge is 2.30. The van der Waals surface area contributed by atoms with Crippen LogP contribution in [0.3, 0.4) is 0 Å². The quantitative estimate of drug-likeness (QED) is 0.810. The van der Waals surface area contributed by atoms with Crippen molar-refractivity contribution in [2.75, 3.05) is 19.0 Å². The molecule has 0 aromatic carbocycles. The van der Waals surface area contributed by atoms with Gasteiger partial charge >= 0.3 is 6.18 Å². The Morgan fingerprint density at radius 1 is 1.35 bits per heavy atom. The zero-order valence-electron chi connectivity index (χ0n) is 9.88. The fraction of sp³-hybridized carbons (Fsp3) is 0.545. The minimum Gasteiger partial charge on any atom is -0.303 e. The van der Waals surface area contributed by atoms with Crippen molar-refractivity contribution < 1.29 is 13.2 Å². The molecule has 1 heterocycles. The molecular formula is C11H16F3N3. The number of unbranched alkanes of at least 4 members (excludes halogenated alkanes) is 1. The minimum atomic E-state index is -4.33. The summed E-state index contributed by atoms with van der Waals surface area (Å²) in [5, 5.41) is 1.80. The first kappa shape index (κ1) is 13.8. The third-order valence-electron chi connectivity index (χ3n) is 2.24. The summed E-state index contributed by atoms with van der Waals surface area (Å²) in [5.41, 5.74) is 2.17. The van der Waals surface area contributed by atoms with Gasteiger partial charge in [0.2, 0.25) is 0 Å². The smallest absolute Gasteiger partial charge is 0.303 e. The first-order chi connectivity index (χ1) is 7.93. The molecule has 0 aliphatic heterocycles. The van der Waals surface area contributed by atoms with E-state index in [0.29, 0.717) is 5.82 Å². The van der Waals surface area contributed by atoms with E-state index in [-0.39, 0.29) is 0 Å². The lowest BCUT2D eigenvalue weighted by atomic mass is 10.3. The Labute approximate surface area is 98.6 Å². The number of halogens is 3. The molecule has 0 amide bonds. The monoisotopic (exact) mass is 247 g/mol. The molecule has 0 unspecified atom stereocenters. The predicted octanol–water partition coefficient (Wildman–Crippen LogP) is 3.16. The Bertz CT molecular complexity index is 335. The molecule has 1 N–H and O–H groups in total. The molecule has 1 aromatic heterocycles. The molecule has 0 aliphatic carbocycles. The second kappa shape index (κ2) is 5.86. The van der Waals surface area contributed by atoms with Crippen molar-refractivity contribution in [3.8, 4) is 0 Å². The van der Waals surface area contributed by atoms with Gasteiger partial charge in [0, 0.05) is 19.8 Å². The van der Waals surface area contributed by atoms with Crippen LogP contribution in [0.15, 0.2) is 18.3 Å². The molecule has 0 aliphatic rings. The molecule has 0 atom stereocenters. The van der Waals surface area contributed by atoms with Crippen molar-refractivity contribution in [1.82, 2.24) is 9.99 Å². The summed E-state index contributed by atoms with van der Waals surface area (Å²) in [6.45, 7) is 2.89. The first-order valence-corrected chi connectivity index (χ1v) is 5.44. The van der Waals surface area contributed by atoms with Crippen molar-refractivity contribution in [2.24, 2.45) is 0 Å². The summed E-state index contributed by atoms with van der Waals surface area (Å²) in [6, 6.07) is 2.34. The number of hydrazine groups is 1. The van der Waals surface area contributed by atoms with E-state index in [9.17, 15) is 13.2 Å². The van der Waals surface area contributed by atoms with E-state index in [1.807, 2.05) is 7.05 Å². The van der Waals surface area contributed by atoms with Crippen molar-refractivity contribution in [3.05, 3.63) is 23.9 Å². The molecule has 6 heteroatoms. The average molecular weight is 247 g/mol. The number of nitrogens with zero attached hydrogens (tertiary/aromatic N) is 2. The van der Waals surface area contributed by atoms with Crippen LogP contribution in [0.5, 0.6) is 0 Å². The number of aromatic nitrogens is 1. The molecule has 0 fully saturated rings. The van der Waals surface area contributed by atoms with E-state index < -0.39 is 11.7 Å². The van der Waals surface area contributed by atoms with Gasteiger partial charge in [0.25, 0.3) is 0 Å². The summed E-state index contributed by atoms with van der Waals surface area (Å²) in [6.07, 6.45) is -1.42. The first-order valence-electron chi connectivity index (χ1n) is 5.44. The second-order valence-corrected chi connectivity index (χ2v) is 3.82. The third kappa shape index (κ3) is 4.60. The van der Waals surface area contributed by atoms with Gasteiger partial charge < -0.3 is 5.43 Å². The van der Waals surface area contributed by atoms with Gasteiger partial charge in [0.05, 0.1) is 5.56 Å². The number of hydrogen-bond donors (Lipinski definition) is 1. The van der Waals surface area contributed by atoms with Crippen molar-refractivity contribution in [3.63, 3.8) is 0 Å². The summed E-state index contributed by atoms with van der Waals surface area (Å²) < 4.78 is 36.8. The predicted molar refractivity (Wildman–Crippen MR) is 60.4 cm³/mol. The summed E-state index contributed by atoms with van der Waals surface area (Å²) in [5.74, 6) is 0.414. The molecule has 0 bridgehead atoms. The third-order valence-corrected chi connectivity index (χ3v) is 2.24. The highest BCUT2D eigenvalue weighted by Crippen LogP contribution is 2.28. The number of nitrogens with one attached hydrogen (secondary N) is 1. The molecule has 0 saturated heterocycles. The van der Waals surface area contributed by atoms with Gasteiger partial charge in [-0.1, -0.05) is 13.3 Å². The van der Waals surface area contributed by atoms with Crippen LogP contribution in [0.1, 0.15) is 25.3 Å². The van der Waals surface area contributed by atoms with Gasteiger partial charge in [-0.05, 0) is 18.6 Å². The highest BCUT2D eigenvalue weighted by molar-refractivity contribution is 5.35. The minimum absolute atomic E-state index is 0.414. The van der Waals surface area contributed by atoms with E-state index in [4.69, 9.17) is 0 Å². The molecule has 96 valence electrons. The summed E-state index contributed by atoms with van der Waals surface area (Å²) in [4.78, 5) is 3.72. The molecule has 0 radical (unpaired) electrons. The Morgan fingerprint density at radius 3 is 2.53 bits per heavy atom. The maximum absolute atomic E-state index is 12.3. The normalized spacial score (nSPS) is 11.9. The van der Waals surface area contributed by atoms with Crippen molar-refractivity contribution in [2.45, 2.75) is 25.9 Å². The number of pyridine rings is 1. The average Bonchev–Trinajstić information content (AvgIpc) is 2.26. The molecule has 1 rings (SSSR count). The maximum atomic E-state index is 12.3. The van der Waals surface area contributed by atoms with Crippen LogP contribution in [0.2, 0.25) is 0 Å². The van der Waals surface area contributed by atoms with E-state index in [1.165, 1.54) is 6.07 Å². The standard InChI is InChI=1S/C11H16F3N3/c1-3-4-7-17(2)16-10-6-5-9(8-15-10)11(12,13)14/h5-6,8H,3-4,7H2,1-2H3,(H,15,16). The second-order valence-electron chi connectivity index (χ2n) is 3.82. The van der Waals surface area contributed by atoms with Crippen LogP contribution in [0.4, 0.5) is 19.0 Å². The topological polar surface area (TPSA) is 28.2 Å². The Balaban J connectivity index is 2.56. The maximum Gasteiger partial charge on any atom is 0.417 e. The van der Waals surface area contributed by atoms with E-state index in [0.717, 1.165) is 31.6 Å². The van der Waals surface area contributed by atoms with Crippen LogP contribution in [0, 0.1) is 0 Å². The number of rotatable bonds is 5. The fourth-order valence-corrected chi connectivity index (χ4v) is 1.27. The lowest BCUT2D eigenvalue weighted by Gasteiger charge is -2.18. The zero-order chi connectivity index (χ0) is 12.9. The van der Waals surface area contributed by atoms with Gasteiger partial charge in [-0.3, -0.25) is 0 Å². The van der Waals surface area contributed by atoms with Crippen LogP contribution in [-0.4, -0.2) is 23.6 Å². The van der Waals surface area contributed by atoms with Crippen molar-refractivity contribution in [1.29, 1.82) is 0 Å². The molecule has 1 aromatic rings. The lowest BCUT2D eigenvalue weighted by Crippen LogP contribution is -2.26. The van der Waals surface area contributed by atoms with E-state index in [1.54, 1.807) is 5.01 Å². The Kier molecular flexibility index (Phi) is 4.74. The Morgan fingerprint density at radius 2 is 2.06 bits per heavy atom. The SMILES string of the molecule is CCCCN(C)Nc1ccc(C(F)(F)F)cn1. The molecule has 0 saturated carbocycles. The Hall–Kier alpha value is -1.30. The summed E-state index contributed by atoms with van der Waals surface area (Å²) in [7, 11) is 1.83. The van der Waals surface area contributed by atoms with Crippen LogP contribution in [-0.2, 0) is 6.18 Å².